The van der Waals surface area contributed by atoms with E-state index >= 15 is 0 Å². The Balaban J connectivity index is 1.58. The van der Waals surface area contributed by atoms with Crippen LogP contribution in [0.3, 0.4) is 0 Å². The molecule has 142 valence electrons. The summed E-state index contributed by atoms with van der Waals surface area (Å²) in [6.45, 7) is 7.04. The van der Waals surface area contributed by atoms with Crippen molar-refractivity contribution >= 4 is 23.4 Å². The minimum Gasteiger partial charge on any atom is -0.483 e. The van der Waals surface area contributed by atoms with Gasteiger partial charge in [0.25, 0.3) is 5.91 Å². The van der Waals surface area contributed by atoms with E-state index in [9.17, 15) is 9.59 Å². The van der Waals surface area contributed by atoms with Crippen LogP contribution in [0.1, 0.15) is 30.9 Å². The predicted octanol–water partition coefficient (Wildman–Crippen LogP) is 4.09. The van der Waals surface area contributed by atoms with Crippen molar-refractivity contribution in [2.75, 3.05) is 30.0 Å². The summed E-state index contributed by atoms with van der Waals surface area (Å²) in [6, 6.07) is 13.1. The van der Waals surface area contributed by atoms with Crippen molar-refractivity contribution in [3.63, 3.8) is 0 Å². The first kappa shape index (κ1) is 18.8. The largest absolute Gasteiger partial charge is 0.483 e. The molecule has 0 saturated carbocycles. The van der Waals surface area contributed by atoms with E-state index in [1.165, 1.54) is 0 Å². The smallest absolute Gasteiger partial charge is 0.414 e. The van der Waals surface area contributed by atoms with Crippen LogP contribution in [0.4, 0.5) is 16.2 Å². The third-order valence-corrected chi connectivity index (χ3v) is 4.37. The lowest BCUT2D eigenvalue weighted by atomic mass is 10.0. The molecule has 0 atom stereocenters. The number of ether oxygens (including phenoxy) is 2. The first-order valence-electron chi connectivity index (χ1n) is 9.01. The molecule has 0 radical (unpaired) electrons. The standard InChI is InChI=1S/C21H24N2O4/c1-14(2)18-9-4-15(3)12-19(18)27-13-20(24)22-16-5-7-17(8-6-16)23-10-11-26-21(23)25/h4-9,12,14H,10-11,13H2,1-3H3,(H,22,24). The van der Waals surface area contributed by atoms with Crippen molar-refractivity contribution in [3.8, 4) is 5.75 Å². The quantitative estimate of drug-likeness (QED) is 0.834. The molecular formula is C21H24N2O4. The Morgan fingerprint density at radius 1 is 1.22 bits per heavy atom. The zero-order valence-electron chi connectivity index (χ0n) is 15.8. The van der Waals surface area contributed by atoms with Crippen molar-refractivity contribution in [1.82, 2.24) is 0 Å². The summed E-state index contributed by atoms with van der Waals surface area (Å²) >= 11 is 0. The third kappa shape index (κ3) is 4.58. The van der Waals surface area contributed by atoms with Gasteiger partial charge < -0.3 is 14.8 Å². The zero-order valence-corrected chi connectivity index (χ0v) is 15.8. The second kappa shape index (κ2) is 8.12. The first-order valence-corrected chi connectivity index (χ1v) is 9.01. The van der Waals surface area contributed by atoms with Gasteiger partial charge >= 0.3 is 6.09 Å². The number of rotatable bonds is 6. The molecule has 6 nitrogen and oxygen atoms in total. The van der Waals surface area contributed by atoms with E-state index in [-0.39, 0.29) is 18.6 Å². The Bertz CT molecular complexity index is 831. The molecule has 2 aromatic rings. The van der Waals surface area contributed by atoms with Crippen molar-refractivity contribution < 1.29 is 19.1 Å². The van der Waals surface area contributed by atoms with Gasteiger partial charge in [-0.2, -0.15) is 0 Å². The van der Waals surface area contributed by atoms with Crippen LogP contribution in [0.2, 0.25) is 0 Å². The summed E-state index contributed by atoms with van der Waals surface area (Å²) in [5.74, 6) is 0.816. The molecule has 2 aromatic carbocycles. The molecule has 1 aliphatic rings. The summed E-state index contributed by atoms with van der Waals surface area (Å²) in [7, 11) is 0. The Morgan fingerprint density at radius 3 is 2.59 bits per heavy atom. The van der Waals surface area contributed by atoms with Crippen molar-refractivity contribution in [3.05, 3.63) is 53.6 Å². The molecule has 1 heterocycles. The van der Waals surface area contributed by atoms with Gasteiger partial charge in [0.05, 0.1) is 6.54 Å². The number of carbonyl (C=O) groups is 2. The molecule has 1 aliphatic heterocycles. The molecule has 0 unspecified atom stereocenters. The molecule has 1 fully saturated rings. The number of nitrogens with zero attached hydrogens (tertiary/aromatic N) is 1. The highest BCUT2D eigenvalue weighted by atomic mass is 16.6. The number of nitrogens with one attached hydrogen (secondary N) is 1. The van der Waals surface area contributed by atoms with Gasteiger partial charge in [0.2, 0.25) is 0 Å². The highest BCUT2D eigenvalue weighted by Crippen LogP contribution is 2.27. The van der Waals surface area contributed by atoms with Crippen LogP contribution in [0.25, 0.3) is 0 Å². The Morgan fingerprint density at radius 2 is 1.96 bits per heavy atom. The average Bonchev–Trinajstić information content (AvgIpc) is 3.06. The lowest BCUT2D eigenvalue weighted by Crippen LogP contribution is -2.23. The van der Waals surface area contributed by atoms with E-state index in [1.54, 1.807) is 29.2 Å². The maximum Gasteiger partial charge on any atom is 0.414 e. The van der Waals surface area contributed by atoms with Gasteiger partial charge in [-0.25, -0.2) is 4.79 Å². The minimum atomic E-state index is -0.348. The summed E-state index contributed by atoms with van der Waals surface area (Å²) in [6.07, 6.45) is -0.348. The van der Waals surface area contributed by atoms with E-state index in [0.29, 0.717) is 24.8 Å². The van der Waals surface area contributed by atoms with Crippen molar-refractivity contribution in [2.45, 2.75) is 26.7 Å². The molecule has 0 aliphatic carbocycles. The molecular weight excluding hydrogens is 344 g/mol. The van der Waals surface area contributed by atoms with Gasteiger partial charge in [0, 0.05) is 11.4 Å². The highest BCUT2D eigenvalue weighted by molar-refractivity contribution is 5.93. The van der Waals surface area contributed by atoms with E-state index in [0.717, 1.165) is 22.6 Å². The monoisotopic (exact) mass is 368 g/mol. The Hall–Kier alpha value is -3.02. The summed E-state index contributed by atoms with van der Waals surface area (Å²) in [5.41, 5.74) is 3.56. The third-order valence-electron chi connectivity index (χ3n) is 4.37. The normalized spacial score (nSPS) is 13.6. The van der Waals surface area contributed by atoms with Gasteiger partial charge in [0.15, 0.2) is 6.61 Å². The van der Waals surface area contributed by atoms with Crippen LogP contribution >= 0.6 is 0 Å². The van der Waals surface area contributed by atoms with E-state index in [4.69, 9.17) is 9.47 Å². The van der Waals surface area contributed by atoms with Crippen LogP contribution < -0.4 is 15.0 Å². The maximum atomic E-state index is 12.2. The predicted molar refractivity (Wildman–Crippen MR) is 105 cm³/mol. The van der Waals surface area contributed by atoms with Crippen LogP contribution in [0.15, 0.2) is 42.5 Å². The van der Waals surface area contributed by atoms with E-state index in [1.807, 2.05) is 25.1 Å². The number of hydrogen-bond donors (Lipinski definition) is 1. The van der Waals surface area contributed by atoms with E-state index < -0.39 is 0 Å². The first-order chi connectivity index (χ1) is 12.9. The molecule has 0 bridgehead atoms. The molecule has 0 aromatic heterocycles. The number of cyclic esters (lactones) is 1. The van der Waals surface area contributed by atoms with Crippen LogP contribution in [-0.4, -0.2) is 31.8 Å². The van der Waals surface area contributed by atoms with Gasteiger partial charge in [-0.15, -0.1) is 0 Å². The van der Waals surface area contributed by atoms with Crippen molar-refractivity contribution in [2.24, 2.45) is 0 Å². The number of hydrogen-bond acceptors (Lipinski definition) is 4. The molecule has 0 spiro atoms. The van der Waals surface area contributed by atoms with Crippen LogP contribution in [0, 0.1) is 6.92 Å². The Kier molecular flexibility index (Phi) is 5.64. The van der Waals surface area contributed by atoms with Gasteiger partial charge in [-0.1, -0.05) is 26.0 Å². The number of carbonyl (C=O) groups excluding carboxylic acids is 2. The minimum absolute atomic E-state index is 0.0661. The number of aryl methyl sites for hydroxylation is 1. The maximum absolute atomic E-state index is 12.2. The lowest BCUT2D eigenvalue weighted by molar-refractivity contribution is -0.118. The fraction of sp³-hybridized carbons (Fsp3) is 0.333. The fourth-order valence-corrected chi connectivity index (χ4v) is 2.94. The molecule has 27 heavy (non-hydrogen) atoms. The second-order valence-electron chi connectivity index (χ2n) is 6.85. The molecule has 3 rings (SSSR count). The SMILES string of the molecule is Cc1ccc(C(C)C)c(OCC(=O)Nc2ccc(N3CCOC3=O)cc2)c1. The number of anilines is 2. The topological polar surface area (TPSA) is 67.9 Å². The highest BCUT2D eigenvalue weighted by Gasteiger charge is 2.23. The lowest BCUT2D eigenvalue weighted by Gasteiger charge is -2.15. The van der Waals surface area contributed by atoms with Crippen LogP contribution in [-0.2, 0) is 9.53 Å². The van der Waals surface area contributed by atoms with Gasteiger partial charge in [-0.3, -0.25) is 9.69 Å². The van der Waals surface area contributed by atoms with Crippen LogP contribution in [0.5, 0.6) is 5.75 Å². The summed E-state index contributed by atoms with van der Waals surface area (Å²) < 4.78 is 10.7. The van der Waals surface area contributed by atoms with E-state index in [2.05, 4.69) is 19.2 Å². The number of benzene rings is 2. The average molecular weight is 368 g/mol. The second-order valence-corrected chi connectivity index (χ2v) is 6.85. The molecule has 6 heteroatoms. The van der Waals surface area contributed by atoms with Gasteiger partial charge in [-0.05, 0) is 54.3 Å². The summed E-state index contributed by atoms with van der Waals surface area (Å²) in [5, 5.41) is 2.81. The molecule has 1 saturated heterocycles. The van der Waals surface area contributed by atoms with Gasteiger partial charge in [0.1, 0.15) is 12.4 Å². The molecule has 1 N–H and O–H groups in total. The summed E-state index contributed by atoms with van der Waals surface area (Å²) in [4.78, 5) is 25.4. The van der Waals surface area contributed by atoms with Crippen molar-refractivity contribution in [1.29, 1.82) is 0 Å². The molecule has 2 amide bonds. The zero-order chi connectivity index (χ0) is 19.4. The fourth-order valence-electron chi connectivity index (χ4n) is 2.94. The number of amides is 2. The Labute approximate surface area is 159 Å².